The van der Waals surface area contributed by atoms with Crippen LogP contribution in [0.2, 0.25) is 6.82 Å². The van der Waals surface area contributed by atoms with E-state index in [2.05, 4.69) is 9.97 Å². The highest BCUT2D eigenvalue weighted by molar-refractivity contribution is 6.50. The van der Waals surface area contributed by atoms with E-state index in [1.807, 2.05) is 13.0 Å². The van der Waals surface area contributed by atoms with Gasteiger partial charge in [0.05, 0.1) is 19.0 Å². The minimum absolute atomic E-state index is 0.358. The van der Waals surface area contributed by atoms with Gasteiger partial charge in [-0.05, 0) is 6.92 Å². The fourth-order valence-electron chi connectivity index (χ4n) is 1.47. The van der Waals surface area contributed by atoms with Crippen LogP contribution in [-0.4, -0.2) is 34.2 Å². The molecule has 0 N–H and O–H groups in total. The first-order chi connectivity index (χ1) is 7.76. The van der Waals surface area contributed by atoms with E-state index in [9.17, 15) is 4.79 Å². The molecule has 0 spiro atoms. The first-order valence-corrected chi connectivity index (χ1v) is 5.25. The summed E-state index contributed by atoms with van der Waals surface area (Å²) in [5.41, 5.74) is 2.00. The summed E-state index contributed by atoms with van der Waals surface area (Å²) in [7, 11) is 0.816. The molecule has 0 aliphatic rings. The molecule has 2 aromatic rings. The molecule has 0 saturated heterocycles. The highest BCUT2D eigenvalue weighted by atomic mass is 16.5. The predicted molar refractivity (Wildman–Crippen MR) is 61.6 cm³/mol. The van der Waals surface area contributed by atoms with Crippen molar-refractivity contribution in [2.75, 3.05) is 6.61 Å². The molecule has 0 bridgehead atoms. The third kappa shape index (κ3) is 1.78. The lowest BCUT2D eigenvalue weighted by Crippen LogP contribution is -2.18. The molecule has 0 radical (unpaired) electrons. The van der Waals surface area contributed by atoms with Crippen molar-refractivity contribution in [3.8, 4) is 0 Å². The molecule has 2 aromatic heterocycles. The quantitative estimate of drug-likeness (QED) is 0.537. The van der Waals surface area contributed by atoms with Gasteiger partial charge in [-0.15, -0.1) is 0 Å². The second-order valence-corrected chi connectivity index (χ2v) is 3.32. The van der Waals surface area contributed by atoms with Crippen LogP contribution >= 0.6 is 0 Å². The number of aromatic nitrogens is 3. The van der Waals surface area contributed by atoms with Crippen LogP contribution in [0.5, 0.6) is 0 Å². The molecule has 2 heterocycles. The summed E-state index contributed by atoms with van der Waals surface area (Å²) in [6.45, 7) is 4.15. The molecule has 16 heavy (non-hydrogen) atoms. The van der Waals surface area contributed by atoms with Crippen molar-refractivity contribution in [3.05, 3.63) is 24.3 Å². The van der Waals surface area contributed by atoms with Crippen LogP contribution in [0, 0.1) is 0 Å². The second-order valence-electron chi connectivity index (χ2n) is 3.32. The Morgan fingerprint density at radius 3 is 3.00 bits per heavy atom. The van der Waals surface area contributed by atoms with E-state index in [-0.39, 0.29) is 5.97 Å². The van der Waals surface area contributed by atoms with Crippen molar-refractivity contribution in [2.45, 2.75) is 13.7 Å². The van der Waals surface area contributed by atoms with Crippen LogP contribution in [0.3, 0.4) is 0 Å². The van der Waals surface area contributed by atoms with E-state index in [0.717, 1.165) is 12.9 Å². The standard InChI is InChI=1S/C10H12BN3O2/c1-3-16-10(15)7-4-13-9-5-12-8(11-2)6-14(7)9/h4-6,11H,3H2,1-2H3. The molecule has 5 nitrogen and oxygen atoms in total. The third-order valence-electron chi connectivity index (χ3n) is 2.30. The number of fused-ring (bicyclic) bond motifs is 1. The fraction of sp³-hybridized carbons (Fsp3) is 0.300. The lowest BCUT2D eigenvalue weighted by Gasteiger charge is -2.02. The van der Waals surface area contributed by atoms with Crippen molar-refractivity contribution in [2.24, 2.45) is 0 Å². The Bertz CT molecular complexity index is 524. The number of ether oxygens (including phenoxy) is 1. The SMILES string of the molecule is CBc1cn2c(C(=O)OCC)cnc2cn1. The Hall–Kier alpha value is -1.85. The highest BCUT2D eigenvalue weighted by Crippen LogP contribution is 2.05. The molecule has 6 heteroatoms. The minimum atomic E-state index is -0.358. The number of hydrogen-bond donors (Lipinski definition) is 0. The Balaban J connectivity index is 2.49. The van der Waals surface area contributed by atoms with Crippen LogP contribution in [0.1, 0.15) is 17.4 Å². The van der Waals surface area contributed by atoms with Crippen molar-refractivity contribution in [1.82, 2.24) is 14.4 Å². The van der Waals surface area contributed by atoms with Gasteiger partial charge in [-0.3, -0.25) is 9.38 Å². The van der Waals surface area contributed by atoms with Gasteiger partial charge in [0, 0.05) is 11.8 Å². The molecule has 0 aliphatic carbocycles. The van der Waals surface area contributed by atoms with E-state index < -0.39 is 0 Å². The largest absolute Gasteiger partial charge is 0.461 e. The molecule has 0 saturated carbocycles. The normalized spacial score (nSPS) is 10.4. The van der Waals surface area contributed by atoms with Crippen molar-refractivity contribution in [3.63, 3.8) is 0 Å². The molecule has 0 amide bonds. The van der Waals surface area contributed by atoms with Crippen LogP contribution in [0.4, 0.5) is 0 Å². The third-order valence-corrected chi connectivity index (χ3v) is 2.30. The van der Waals surface area contributed by atoms with Crippen molar-refractivity contribution in [1.29, 1.82) is 0 Å². The minimum Gasteiger partial charge on any atom is -0.461 e. The fourth-order valence-corrected chi connectivity index (χ4v) is 1.47. The smallest absolute Gasteiger partial charge is 0.356 e. The first kappa shape index (κ1) is 10.7. The maximum absolute atomic E-state index is 11.6. The van der Waals surface area contributed by atoms with E-state index in [1.165, 1.54) is 6.20 Å². The Kier molecular flexibility index (Phi) is 2.89. The zero-order valence-corrected chi connectivity index (χ0v) is 9.30. The van der Waals surface area contributed by atoms with Crippen LogP contribution < -0.4 is 5.59 Å². The van der Waals surface area contributed by atoms with Gasteiger partial charge in [0.15, 0.2) is 18.6 Å². The van der Waals surface area contributed by atoms with E-state index in [0.29, 0.717) is 17.9 Å². The lowest BCUT2D eigenvalue weighted by atomic mass is 9.78. The lowest BCUT2D eigenvalue weighted by molar-refractivity contribution is 0.0518. The number of hydrogen-bond acceptors (Lipinski definition) is 4. The highest BCUT2D eigenvalue weighted by Gasteiger charge is 2.13. The number of carbonyl (C=O) groups excluding carboxylic acids is 1. The summed E-state index contributed by atoms with van der Waals surface area (Å²) in [4.78, 5) is 19.9. The van der Waals surface area contributed by atoms with Crippen molar-refractivity contribution >= 4 is 24.5 Å². The Morgan fingerprint density at radius 2 is 2.31 bits per heavy atom. The van der Waals surface area contributed by atoms with Gasteiger partial charge in [-0.25, -0.2) is 9.78 Å². The van der Waals surface area contributed by atoms with E-state index >= 15 is 0 Å². The molecular weight excluding hydrogens is 205 g/mol. The molecular formula is C10H12BN3O2. The number of carbonyl (C=O) groups is 1. The average Bonchev–Trinajstić information content (AvgIpc) is 2.71. The number of imidazole rings is 1. The maximum Gasteiger partial charge on any atom is 0.356 e. The zero-order chi connectivity index (χ0) is 11.5. The van der Waals surface area contributed by atoms with Gasteiger partial charge in [-0.2, -0.15) is 0 Å². The van der Waals surface area contributed by atoms with Crippen LogP contribution in [0.15, 0.2) is 18.6 Å². The maximum atomic E-state index is 11.6. The summed E-state index contributed by atoms with van der Waals surface area (Å²) in [6.07, 6.45) is 4.98. The van der Waals surface area contributed by atoms with Gasteiger partial charge in [0.25, 0.3) is 0 Å². The van der Waals surface area contributed by atoms with Gasteiger partial charge in [-0.1, -0.05) is 6.82 Å². The first-order valence-electron chi connectivity index (χ1n) is 5.25. The predicted octanol–water partition coefficient (Wildman–Crippen LogP) is 0.0159. The molecule has 0 fully saturated rings. The topological polar surface area (TPSA) is 56.5 Å². The van der Waals surface area contributed by atoms with Gasteiger partial charge >= 0.3 is 5.97 Å². The summed E-state index contributed by atoms with van der Waals surface area (Å²) in [5.74, 6) is -0.358. The number of nitrogens with zero attached hydrogens (tertiary/aromatic N) is 3. The summed E-state index contributed by atoms with van der Waals surface area (Å²) < 4.78 is 6.66. The molecule has 2 rings (SSSR count). The number of rotatable bonds is 3. The van der Waals surface area contributed by atoms with Crippen molar-refractivity contribution < 1.29 is 9.53 Å². The Morgan fingerprint density at radius 1 is 1.50 bits per heavy atom. The number of esters is 1. The molecule has 82 valence electrons. The van der Waals surface area contributed by atoms with Gasteiger partial charge in [0.2, 0.25) is 0 Å². The molecule has 0 aliphatic heterocycles. The monoisotopic (exact) mass is 217 g/mol. The van der Waals surface area contributed by atoms with Crippen LogP contribution in [0.25, 0.3) is 5.65 Å². The summed E-state index contributed by atoms with van der Waals surface area (Å²) >= 11 is 0. The Labute approximate surface area is 93.7 Å². The van der Waals surface area contributed by atoms with E-state index in [1.54, 1.807) is 17.5 Å². The van der Waals surface area contributed by atoms with Gasteiger partial charge < -0.3 is 4.74 Å². The zero-order valence-electron chi connectivity index (χ0n) is 9.30. The molecule has 0 atom stereocenters. The van der Waals surface area contributed by atoms with E-state index in [4.69, 9.17) is 4.74 Å². The second kappa shape index (κ2) is 4.34. The molecule has 0 unspecified atom stereocenters. The average molecular weight is 217 g/mol. The summed E-state index contributed by atoms with van der Waals surface area (Å²) in [6, 6.07) is 0. The van der Waals surface area contributed by atoms with Crippen LogP contribution in [-0.2, 0) is 4.74 Å². The molecule has 0 aromatic carbocycles. The summed E-state index contributed by atoms with van der Waals surface area (Å²) in [5, 5.41) is 0. The van der Waals surface area contributed by atoms with Gasteiger partial charge in [0.1, 0.15) is 0 Å².